The molecule has 26 heavy (non-hydrogen) atoms. The summed E-state index contributed by atoms with van der Waals surface area (Å²) < 4.78 is 0. The molecule has 1 saturated heterocycles. The third-order valence-electron chi connectivity index (χ3n) is 4.71. The second-order valence-electron chi connectivity index (χ2n) is 6.65. The summed E-state index contributed by atoms with van der Waals surface area (Å²) in [7, 11) is 0. The van der Waals surface area contributed by atoms with Crippen molar-refractivity contribution >= 4 is 22.7 Å². The van der Waals surface area contributed by atoms with Crippen LogP contribution in [0.2, 0.25) is 0 Å². The molecule has 1 fully saturated rings. The van der Waals surface area contributed by atoms with Crippen molar-refractivity contribution in [2.75, 3.05) is 29.4 Å². The van der Waals surface area contributed by atoms with E-state index in [0.717, 1.165) is 42.3 Å². The van der Waals surface area contributed by atoms with Gasteiger partial charge in [0, 0.05) is 31.9 Å². The summed E-state index contributed by atoms with van der Waals surface area (Å²) >= 11 is 0. The Morgan fingerprint density at radius 3 is 2.62 bits per heavy atom. The number of hydrogen-bond acceptors (Lipinski definition) is 7. The van der Waals surface area contributed by atoms with E-state index < -0.39 is 6.10 Å². The lowest BCUT2D eigenvalue weighted by Gasteiger charge is -2.41. The molecule has 1 aromatic carbocycles. The predicted molar refractivity (Wildman–Crippen MR) is 101 cm³/mol. The van der Waals surface area contributed by atoms with Gasteiger partial charge in [0.1, 0.15) is 17.7 Å². The summed E-state index contributed by atoms with van der Waals surface area (Å²) in [5, 5.41) is 9.71. The molecule has 7 heteroatoms. The maximum atomic E-state index is 9.71. The standard InChI is InChI=1S/C19H22N6O/c1-13-12-24(17-7-8-20-19(23-17)14(2)26)9-10-25(13)18-11-21-15-5-3-4-6-16(15)22-18/h3-8,11,13-14,26H,9-10,12H2,1-2H3. The van der Waals surface area contributed by atoms with Crippen molar-refractivity contribution < 1.29 is 5.11 Å². The molecule has 2 atom stereocenters. The number of hydrogen-bond donors (Lipinski definition) is 1. The zero-order valence-electron chi connectivity index (χ0n) is 14.9. The van der Waals surface area contributed by atoms with Crippen molar-refractivity contribution in [3.63, 3.8) is 0 Å². The van der Waals surface area contributed by atoms with Gasteiger partial charge in [-0.2, -0.15) is 0 Å². The molecule has 3 aromatic rings. The van der Waals surface area contributed by atoms with Crippen LogP contribution in [0.3, 0.4) is 0 Å². The Bertz CT molecular complexity index is 915. The normalized spacial score (nSPS) is 19.0. The van der Waals surface area contributed by atoms with Crippen molar-refractivity contribution in [2.45, 2.75) is 26.0 Å². The maximum Gasteiger partial charge on any atom is 0.158 e. The molecular weight excluding hydrogens is 328 g/mol. The largest absolute Gasteiger partial charge is 0.385 e. The van der Waals surface area contributed by atoms with Gasteiger partial charge in [0.25, 0.3) is 0 Å². The number of piperazine rings is 1. The number of aliphatic hydroxyl groups excluding tert-OH is 1. The molecule has 0 aliphatic carbocycles. The fraction of sp³-hybridized carbons (Fsp3) is 0.368. The van der Waals surface area contributed by atoms with Crippen LogP contribution in [0.25, 0.3) is 11.0 Å². The van der Waals surface area contributed by atoms with Gasteiger partial charge in [-0.15, -0.1) is 0 Å². The van der Waals surface area contributed by atoms with E-state index in [2.05, 4.69) is 31.7 Å². The highest BCUT2D eigenvalue weighted by Crippen LogP contribution is 2.23. The van der Waals surface area contributed by atoms with Crippen LogP contribution < -0.4 is 9.80 Å². The predicted octanol–water partition coefficient (Wildman–Crippen LogP) is 2.19. The second-order valence-corrected chi connectivity index (χ2v) is 6.65. The molecule has 134 valence electrons. The van der Waals surface area contributed by atoms with Crippen LogP contribution in [0, 0.1) is 0 Å². The molecule has 1 aliphatic heterocycles. The Balaban J connectivity index is 1.53. The van der Waals surface area contributed by atoms with E-state index in [1.54, 1.807) is 13.1 Å². The SMILES string of the molecule is CC(O)c1nccc(N2CCN(c3cnc4ccccc4n3)C(C)C2)n1. The molecule has 7 nitrogen and oxygen atoms in total. The Morgan fingerprint density at radius 2 is 1.85 bits per heavy atom. The van der Waals surface area contributed by atoms with Gasteiger partial charge in [0.15, 0.2) is 5.82 Å². The zero-order valence-corrected chi connectivity index (χ0v) is 14.9. The molecule has 4 rings (SSSR count). The molecular formula is C19H22N6O. The molecule has 3 heterocycles. The van der Waals surface area contributed by atoms with E-state index in [-0.39, 0.29) is 6.04 Å². The van der Waals surface area contributed by atoms with Gasteiger partial charge in [-0.25, -0.2) is 15.0 Å². The molecule has 1 aliphatic rings. The number of nitrogens with zero attached hydrogens (tertiary/aromatic N) is 6. The first-order valence-corrected chi connectivity index (χ1v) is 8.86. The van der Waals surface area contributed by atoms with Gasteiger partial charge >= 0.3 is 0 Å². The van der Waals surface area contributed by atoms with Gasteiger partial charge in [0.05, 0.1) is 17.2 Å². The number of anilines is 2. The quantitative estimate of drug-likeness (QED) is 0.776. The molecule has 0 bridgehead atoms. The van der Waals surface area contributed by atoms with E-state index in [0.29, 0.717) is 5.82 Å². The van der Waals surface area contributed by atoms with Crippen LogP contribution in [0.5, 0.6) is 0 Å². The summed E-state index contributed by atoms with van der Waals surface area (Å²) in [4.78, 5) is 22.4. The lowest BCUT2D eigenvalue weighted by atomic mass is 10.2. The molecule has 2 unspecified atom stereocenters. The van der Waals surface area contributed by atoms with Crippen molar-refractivity contribution in [3.05, 3.63) is 48.5 Å². The number of fused-ring (bicyclic) bond motifs is 1. The van der Waals surface area contributed by atoms with Gasteiger partial charge in [-0.05, 0) is 32.0 Å². The van der Waals surface area contributed by atoms with Gasteiger partial charge in [0.2, 0.25) is 0 Å². The van der Waals surface area contributed by atoms with Crippen LogP contribution in [-0.2, 0) is 0 Å². The number of para-hydroxylation sites is 2. The average molecular weight is 350 g/mol. The first kappa shape index (κ1) is 16.7. The van der Waals surface area contributed by atoms with Crippen LogP contribution in [0.15, 0.2) is 42.7 Å². The third kappa shape index (κ3) is 3.17. The number of benzene rings is 1. The monoisotopic (exact) mass is 350 g/mol. The van der Waals surface area contributed by atoms with Crippen LogP contribution >= 0.6 is 0 Å². The Hall–Kier alpha value is -2.80. The molecule has 2 aromatic heterocycles. The smallest absolute Gasteiger partial charge is 0.158 e. The second kappa shape index (κ2) is 6.84. The Labute approximate surface area is 152 Å². The van der Waals surface area contributed by atoms with E-state index in [9.17, 15) is 5.11 Å². The number of aromatic nitrogens is 4. The minimum Gasteiger partial charge on any atom is -0.385 e. The fourth-order valence-corrected chi connectivity index (χ4v) is 3.33. The van der Waals surface area contributed by atoms with E-state index >= 15 is 0 Å². The van der Waals surface area contributed by atoms with Crippen LogP contribution in [-0.4, -0.2) is 50.7 Å². The number of rotatable bonds is 3. The van der Waals surface area contributed by atoms with Gasteiger partial charge in [-0.1, -0.05) is 12.1 Å². The van der Waals surface area contributed by atoms with E-state index in [4.69, 9.17) is 4.98 Å². The Morgan fingerprint density at radius 1 is 1.04 bits per heavy atom. The molecule has 0 spiro atoms. The summed E-state index contributed by atoms with van der Waals surface area (Å²) in [6, 6.07) is 10.1. The molecule has 1 N–H and O–H groups in total. The maximum absolute atomic E-state index is 9.71. The highest BCUT2D eigenvalue weighted by atomic mass is 16.3. The summed E-state index contributed by atoms with van der Waals surface area (Å²) in [5.41, 5.74) is 1.83. The first-order valence-electron chi connectivity index (χ1n) is 8.86. The van der Waals surface area contributed by atoms with Crippen molar-refractivity contribution in [1.29, 1.82) is 0 Å². The van der Waals surface area contributed by atoms with Crippen LogP contribution in [0.4, 0.5) is 11.6 Å². The lowest BCUT2D eigenvalue weighted by molar-refractivity contribution is 0.189. The zero-order chi connectivity index (χ0) is 18.1. The topological polar surface area (TPSA) is 78.3 Å². The molecule has 0 amide bonds. The highest BCUT2D eigenvalue weighted by molar-refractivity contribution is 5.75. The minimum absolute atomic E-state index is 0.268. The van der Waals surface area contributed by atoms with E-state index in [1.807, 2.05) is 36.5 Å². The molecule has 0 radical (unpaired) electrons. The highest BCUT2D eigenvalue weighted by Gasteiger charge is 2.26. The van der Waals surface area contributed by atoms with Gasteiger partial charge in [-0.3, -0.25) is 4.98 Å². The van der Waals surface area contributed by atoms with Crippen molar-refractivity contribution in [1.82, 2.24) is 19.9 Å². The van der Waals surface area contributed by atoms with Gasteiger partial charge < -0.3 is 14.9 Å². The first-order chi connectivity index (χ1) is 12.6. The fourth-order valence-electron chi connectivity index (χ4n) is 3.33. The average Bonchev–Trinajstić information content (AvgIpc) is 2.67. The summed E-state index contributed by atoms with van der Waals surface area (Å²) in [5.74, 6) is 2.22. The van der Waals surface area contributed by atoms with Crippen molar-refractivity contribution in [2.24, 2.45) is 0 Å². The Kier molecular flexibility index (Phi) is 4.38. The van der Waals surface area contributed by atoms with E-state index in [1.165, 1.54) is 0 Å². The summed E-state index contributed by atoms with van der Waals surface area (Å²) in [6.07, 6.45) is 2.89. The van der Waals surface area contributed by atoms with Crippen LogP contribution in [0.1, 0.15) is 25.8 Å². The van der Waals surface area contributed by atoms with Crippen molar-refractivity contribution in [3.8, 4) is 0 Å². The number of aliphatic hydroxyl groups is 1. The third-order valence-corrected chi connectivity index (χ3v) is 4.71. The summed E-state index contributed by atoms with van der Waals surface area (Å²) in [6.45, 7) is 6.35. The molecule has 0 saturated carbocycles. The minimum atomic E-state index is -0.665. The lowest BCUT2D eigenvalue weighted by Crippen LogP contribution is -2.52.